The Labute approximate surface area is 120 Å². The number of nitrogens with one attached hydrogen (secondary N) is 1. The Morgan fingerprint density at radius 3 is 2.57 bits per heavy atom. The summed E-state index contributed by atoms with van der Waals surface area (Å²) in [7, 11) is 1.67. The van der Waals surface area contributed by atoms with E-state index in [0.717, 1.165) is 0 Å². The Morgan fingerprint density at radius 1 is 1.33 bits per heavy atom. The molecule has 0 aliphatic heterocycles. The van der Waals surface area contributed by atoms with Crippen LogP contribution in [0.15, 0.2) is 12.4 Å². The van der Waals surface area contributed by atoms with E-state index in [1.807, 2.05) is 0 Å². The van der Waals surface area contributed by atoms with Crippen molar-refractivity contribution in [3.8, 4) is 0 Å². The van der Waals surface area contributed by atoms with Crippen molar-refractivity contribution in [3.63, 3.8) is 0 Å². The van der Waals surface area contributed by atoms with Gasteiger partial charge in [0.15, 0.2) is 5.65 Å². The molecule has 0 spiro atoms. The molecule has 0 saturated carbocycles. The molecule has 0 unspecified atom stereocenters. The summed E-state index contributed by atoms with van der Waals surface area (Å²) in [5.41, 5.74) is -0.226. The van der Waals surface area contributed by atoms with Gasteiger partial charge in [-0.25, -0.2) is 14.6 Å². The van der Waals surface area contributed by atoms with Crippen LogP contribution in [0.3, 0.4) is 0 Å². The zero-order chi connectivity index (χ0) is 15.8. The van der Waals surface area contributed by atoms with Crippen molar-refractivity contribution < 1.29 is 19.4 Å². The molecule has 2 heterocycles. The molecule has 0 aliphatic carbocycles. The number of aromatic carboxylic acids is 1. The van der Waals surface area contributed by atoms with Crippen molar-refractivity contribution in [1.82, 2.24) is 14.8 Å². The van der Waals surface area contributed by atoms with Gasteiger partial charge in [-0.05, 0) is 20.8 Å². The van der Waals surface area contributed by atoms with Crippen LogP contribution in [-0.2, 0) is 11.8 Å². The summed E-state index contributed by atoms with van der Waals surface area (Å²) in [6.45, 7) is 5.16. The molecular formula is C13H16N4O4. The second-order valence-electron chi connectivity index (χ2n) is 5.48. The van der Waals surface area contributed by atoms with Crippen molar-refractivity contribution in [3.05, 3.63) is 18.0 Å². The number of hydrogen-bond acceptors (Lipinski definition) is 5. The molecule has 21 heavy (non-hydrogen) atoms. The van der Waals surface area contributed by atoms with Gasteiger partial charge >= 0.3 is 12.1 Å². The van der Waals surface area contributed by atoms with Crippen LogP contribution < -0.4 is 5.32 Å². The van der Waals surface area contributed by atoms with Crippen LogP contribution in [0.4, 0.5) is 10.5 Å². The number of fused-ring (bicyclic) bond motifs is 1. The Hall–Kier alpha value is -2.64. The summed E-state index contributed by atoms with van der Waals surface area (Å²) in [6.07, 6.45) is 1.89. The van der Waals surface area contributed by atoms with E-state index in [2.05, 4.69) is 15.4 Å². The molecule has 112 valence electrons. The lowest BCUT2D eigenvalue weighted by Crippen LogP contribution is -2.27. The number of pyridine rings is 1. The Kier molecular flexibility index (Phi) is 3.54. The maximum Gasteiger partial charge on any atom is 0.412 e. The van der Waals surface area contributed by atoms with Gasteiger partial charge in [0.05, 0.1) is 17.3 Å². The van der Waals surface area contributed by atoms with Crippen LogP contribution in [0.25, 0.3) is 11.0 Å². The van der Waals surface area contributed by atoms with Crippen LogP contribution in [0.1, 0.15) is 31.1 Å². The fourth-order valence-electron chi connectivity index (χ4n) is 1.80. The number of hydrogen-bond donors (Lipinski definition) is 2. The number of carbonyl (C=O) groups excluding carboxylic acids is 1. The third-order valence-electron chi connectivity index (χ3n) is 2.62. The van der Waals surface area contributed by atoms with Crippen molar-refractivity contribution >= 4 is 28.8 Å². The molecule has 0 radical (unpaired) electrons. The van der Waals surface area contributed by atoms with E-state index in [9.17, 15) is 14.7 Å². The Morgan fingerprint density at radius 2 is 2.00 bits per heavy atom. The summed E-state index contributed by atoms with van der Waals surface area (Å²) in [4.78, 5) is 27.2. The molecule has 8 heteroatoms. The molecule has 0 atom stereocenters. The SMILES string of the molecule is Cn1ncc2c(NC(=O)OC(C)(C)C)c(C(=O)O)cnc21. The van der Waals surface area contributed by atoms with Gasteiger partial charge in [-0.2, -0.15) is 5.10 Å². The van der Waals surface area contributed by atoms with Gasteiger partial charge in [0.1, 0.15) is 11.2 Å². The van der Waals surface area contributed by atoms with Gasteiger partial charge in [-0.3, -0.25) is 10.00 Å². The molecule has 0 bridgehead atoms. The number of anilines is 1. The third-order valence-corrected chi connectivity index (χ3v) is 2.62. The molecular weight excluding hydrogens is 276 g/mol. The average molecular weight is 292 g/mol. The van der Waals surface area contributed by atoms with E-state index in [1.165, 1.54) is 17.1 Å². The molecule has 2 aromatic rings. The number of carboxylic acid groups (broad SMARTS) is 1. The van der Waals surface area contributed by atoms with Crippen LogP contribution in [0.5, 0.6) is 0 Å². The van der Waals surface area contributed by atoms with Crippen molar-refractivity contribution in [2.45, 2.75) is 26.4 Å². The van der Waals surface area contributed by atoms with Crippen LogP contribution >= 0.6 is 0 Å². The first-order chi connectivity index (χ1) is 9.69. The van der Waals surface area contributed by atoms with Crippen LogP contribution in [-0.4, -0.2) is 37.5 Å². The fourth-order valence-corrected chi connectivity index (χ4v) is 1.80. The molecule has 0 fully saturated rings. The van der Waals surface area contributed by atoms with E-state index >= 15 is 0 Å². The zero-order valence-corrected chi connectivity index (χ0v) is 12.2. The molecule has 8 nitrogen and oxygen atoms in total. The number of ether oxygens (including phenoxy) is 1. The van der Waals surface area contributed by atoms with E-state index < -0.39 is 17.7 Å². The lowest BCUT2D eigenvalue weighted by atomic mass is 10.2. The lowest BCUT2D eigenvalue weighted by Gasteiger charge is -2.20. The summed E-state index contributed by atoms with van der Waals surface area (Å²) >= 11 is 0. The highest BCUT2D eigenvalue weighted by atomic mass is 16.6. The summed E-state index contributed by atoms with van der Waals surface area (Å²) < 4.78 is 6.63. The quantitative estimate of drug-likeness (QED) is 0.877. The van der Waals surface area contributed by atoms with E-state index in [-0.39, 0.29) is 11.3 Å². The first-order valence-electron chi connectivity index (χ1n) is 6.23. The number of carbonyl (C=O) groups is 2. The first-order valence-corrected chi connectivity index (χ1v) is 6.23. The second-order valence-corrected chi connectivity index (χ2v) is 5.48. The van der Waals surface area contributed by atoms with Crippen molar-refractivity contribution in [2.75, 3.05) is 5.32 Å². The molecule has 1 amide bonds. The van der Waals surface area contributed by atoms with Gasteiger partial charge in [0.2, 0.25) is 0 Å². The smallest absolute Gasteiger partial charge is 0.412 e. The molecule has 0 aliphatic rings. The maximum atomic E-state index is 11.9. The predicted molar refractivity (Wildman–Crippen MR) is 75.3 cm³/mol. The molecule has 2 rings (SSSR count). The van der Waals surface area contributed by atoms with Gasteiger partial charge in [0.25, 0.3) is 0 Å². The van der Waals surface area contributed by atoms with Crippen molar-refractivity contribution in [2.24, 2.45) is 7.05 Å². The highest BCUT2D eigenvalue weighted by molar-refractivity contribution is 6.07. The lowest BCUT2D eigenvalue weighted by molar-refractivity contribution is 0.0636. The minimum atomic E-state index is -1.20. The van der Waals surface area contributed by atoms with Gasteiger partial charge in [-0.15, -0.1) is 0 Å². The van der Waals surface area contributed by atoms with Gasteiger partial charge in [0, 0.05) is 13.2 Å². The molecule has 2 N–H and O–H groups in total. The number of nitrogens with zero attached hydrogens (tertiary/aromatic N) is 3. The van der Waals surface area contributed by atoms with Gasteiger partial charge in [-0.1, -0.05) is 0 Å². The topological polar surface area (TPSA) is 106 Å². The predicted octanol–water partition coefficient (Wildman–Crippen LogP) is 2.01. The fraction of sp³-hybridized carbons (Fsp3) is 0.385. The van der Waals surface area contributed by atoms with Crippen LogP contribution in [0, 0.1) is 0 Å². The van der Waals surface area contributed by atoms with Crippen molar-refractivity contribution in [1.29, 1.82) is 0 Å². The number of carboxylic acids is 1. The minimum Gasteiger partial charge on any atom is -0.478 e. The first kappa shape index (κ1) is 14.8. The van der Waals surface area contributed by atoms with Crippen LogP contribution in [0.2, 0.25) is 0 Å². The molecule has 0 saturated heterocycles. The largest absolute Gasteiger partial charge is 0.478 e. The number of amides is 1. The zero-order valence-electron chi connectivity index (χ0n) is 12.2. The monoisotopic (exact) mass is 292 g/mol. The van der Waals surface area contributed by atoms with E-state index in [0.29, 0.717) is 11.0 Å². The van der Waals surface area contributed by atoms with E-state index in [1.54, 1.807) is 27.8 Å². The average Bonchev–Trinajstić information content (AvgIpc) is 2.69. The maximum absolute atomic E-state index is 11.9. The summed E-state index contributed by atoms with van der Waals surface area (Å²) in [5.74, 6) is -1.20. The molecule has 2 aromatic heterocycles. The number of rotatable bonds is 2. The Balaban J connectivity index is 2.47. The minimum absolute atomic E-state index is 0.120. The number of aryl methyl sites for hydroxylation is 1. The normalized spacial score (nSPS) is 11.4. The summed E-state index contributed by atoms with van der Waals surface area (Å²) in [6, 6.07) is 0. The second kappa shape index (κ2) is 5.04. The third kappa shape index (κ3) is 3.10. The number of aromatic nitrogens is 3. The van der Waals surface area contributed by atoms with Gasteiger partial charge < -0.3 is 9.84 Å². The highest BCUT2D eigenvalue weighted by Gasteiger charge is 2.22. The standard InChI is InChI=1S/C13H16N4O4/c1-13(2,3)21-12(20)16-9-7-6-15-17(4)10(7)14-5-8(9)11(18)19/h5-6H,1-4H3,(H,18,19)(H,14,16,20). The van der Waals surface area contributed by atoms with E-state index in [4.69, 9.17) is 4.74 Å². The highest BCUT2D eigenvalue weighted by Crippen LogP contribution is 2.26. The summed E-state index contributed by atoms with van der Waals surface area (Å²) in [5, 5.41) is 16.1. The Bertz CT molecular complexity index is 715. The molecule has 0 aromatic carbocycles.